The Bertz CT molecular complexity index is 732. The molecule has 0 aliphatic rings. The maximum atomic E-state index is 14.2. The van der Waals surface area contributed by atoms with Crippen molar-refractivity contribution in [1.82, 2.24) is 4.98 Å². The fourth-order valence-corrected chi connectivity index (χ4v) is 2.24. The average Bonchev–Trinajstić information content (AvgIpc) is 2.46. The van der Waals surface area contributed by atoms with E-state index in [1.54, 1.807) is 12.3 Å². The summed E-state index contributed by atoms with van der Waals surface area (Å²) in [5, 5.41) is 0.949. The molecule has 0 saturated heterocycles. The molecule has 0 aliphatic heterocycles. The summed E-state index contributed by atoms with van der Waals surface area (Å²) in [7, 11) is 0. The van der Waals surface area contributed by atoms with Crippen LogP contribution in [-0.2, 0) is 6.54 Å². The molecule has 19 heavy (non-hydrogen) atoms. The Morgan fingerprint density at radius 1 is 1.00 bits per heavy atom. The molecule has 94 valence electrons. The Balaban J connectivity index is 2.24. The van der Waals surface area contributed by atoms with Crippen molar-refractivity contribution in [3.63, 3.8) is 0 Å². The van der Waals surface area contributed by atoms with Gasteiger partial charge in [-0.2, -0.15) is 0 Å². The van der Waals surface area contributed by atoms with Gasteiger partial charge in [0.15, 0.2) is 0 Å². The van der Waals surface area contributed by atoms with Gasteiger partial charge < -0.3 is 5.73 Å². The number of aromatic nitrogens is 1. The van der Waals surface area contributed by atoms with Crippen molar-refractivity contribution >= 4 is 10.9 Å². The third-order valence-electron chi connectivity index (χ3n) is 3.21. The number of nitrogens with zero attached hydrogens (tertiary/aromatic N) is 1. The molecule has 2 N–H and O–H groups in total. The lowest BCUT2D eigenvalue weighted by atomic mass is 9.99. The van der Waals surface area contributed by atoms with Gasteiger partial charge in [0.1, 0.15) is 5.82 Å². The highest BCUT2D eigenvalue weighted by molar-refractivity contribution is 5.94. The first-order valence-electron chi connectivity index (χ1n) is 6.12. The van der Waals surface area contributed by atoms with Crippen LogP contribution < -0.4 is 5.73 Å². The zero-order chi connectivity index (χ0) is 13.2. The van der Waals surface area contributed by atoms with Crippen molar-refractivity contribution in [1.29, 1.82) is 0 Å². The van der Waals surface area contributed by atoms with Crippen LogP contribution in [-0.4, -0.2) is 4.98 Å². The second-order valence-corrected chi connectivity index (χ2v) is 4.39. The van der Waals surface area contributed by atoms with Crippen LogP contribution in [0.3, 0.4) is 0 Å². The van der Waals surface area contributed by atoms with Crippen LogP contribution in [0.4, 0.5) is 4.39 Å². The minimum atomic E-state index is -0.251. The van der Waals surface area contributed by atoms with Crippen LogP contribution >= 0.6 is 0 Å². The van der Waals surface area contributed by atoms with Gasteiger partial charge in [0.2, 0.25) is 0 Å². The zero-order valence-corrected chi connectivity index (χ0v) is 10.3. The predicted octanol–water partition coefficient (Wildman–Crippen LogP) is 3.50. The van der Waals surface area contributed by atoms with Gasteiger partial charge in [0, 0.05) is 23.7 Å². The normalized spacial score (nSPS) is 10.8. The molecule has 0 unspecified atom stereocenters. The quantitative estimate of drug-likeness (QED) is 0.758. The predicted molar refractivity (Wildman–Crippen MR) is 75.0 cm³/mol. The van der Waals surface area contributed by atoms with Crippen molar-refractivity contribution in [3.05, 3.63) is 66.1 Å². The van der Waals surface area contributed by atoms with Gasteiger partial charge in [-0.15, -0.1) is 0 Å². The van der Waals surface area contributed by atoms with Crippen molar-refractivity contribution < 1.29 is 4.39 Å². The Kier molecular flexibility index (Phi) is 2.97. The second kappa shape index (κ2) is 4.78. The molecule has 2 aromatic carbocycles. The summed E-state index contributed by atoms with van der Waals surface area (Å²) in [4.78, 5) is 4.29. The van der Waals surface area contributed by atoms with Gasteiger partial charge in [0.05, 0.1) is 5.52 Å². The third kappa shape index (κ3) is 2.09. The maximum Gasteiger partial charge on any atom is 0.131 e. The number of pyridine rings is 1. The maximum absolute atomic E-state index is 14.2. The first-order chi connectivity index (χ1) is 9.29. The molecule has 0 aliphatic carbocycles. The molecule has 1 aromatic heterocycles. The summed E-state index contributed by atoms with van der Waals surface area (Å²) in [6, 6.07) is 14.7. The molecule has 0 saturated carbocycles. The van der Waals surface area contributed by atoms with Crippen molar-refractivity contribution in [3.8, 4) is 11.1 Å². The highest BCUT2D eigenvalue weighted by atomic mass is 19.1. The molecule has 3 rings (SSSR count). The summed E-state index contributed by atoms with van der Waals surface area (Å²) < 4.78 is 14.2. The summed E-state index contributed by atoms with van der Waals surface area (Å²) in [6.45, 7) is 0.342. The van der Waals surface area contributed by atoms with Gasteiger partial charge >= 0.3 is 0 Å². The Morgan fingerprint density at radius 3 is 2.68 bits per heavy atom. The largest absolute Gasteiger partial charge is 0.326 e. The molecule has 0 fully saturated rings. The van der Waals surface area contributed by atoms with E-state index < -0.39 is 0 Å². The van der Waals surface area contributed by atoms with Gasteiger partial charge in [-0.1, -0.05) is 30.3 Å². The van der Waals surface area contributed by atoms with E-state index in [9.17, 15) is 4.39 Å². The summed E-state index contributed by atoms with van der Waals surface area (Å²) in [5.41, 5.74) is 8.61. The number of halogens is 1. The molecular formula is C16H13FN2. The van der Waals surface area contributed by atoms with Crippen molar-refractivity contribution in [2.24, 2.45) is 5.73 Å². The molecule has 0 bridgehead atoms. The fraction of sp³-hybridized carbons (Fsp3) is 0.0625. The Morgan fingerprint density at radius 2 is 1.89 bits per heavy atom. The molecule has 0 amide bonds. The third-order valence-corrected chi connectivity index (χ3v) is 3.21. The van der Waals surface area contributed by atoms with Crippen LogP contribution in [0, 0.1) is 5.82 Å². The van der Waals surface area contributed by atoms with E-state index in [1.807, 2.05) is 36.4 Å². The number of nitrogens with two attached hydrogens (primary N) is 1. The average molecular weight is 252 g/mol. The summed E-state index contributed by atoms with van der Waals surface area (Å²) in [5.74, 6) is -0.251. The van der Waals surface area contributed by atoms with E-state index in [4.69, 9.17) is 5.73 Å². The lowest BCUT2D eigenvalue weighted by Crippen LogP contribution is -1.97. The highest BCUT2D eigenvalue weighted by Gasteiger charge is 2.09. The lowest BCUT2D eigenvalue weighted by molar-refractivity contribution is 0.629. The van der Waals surface area contributed by atoms with Crippen LogP contribution in [0.2, 0.25) is 0 Å². The summed E-state index contributed by atoms with van der Waals surface area (Å²) in [6.07, 6.45) is 1.74. The first-order valence-corrected chi connectivity index (χ1v) is 6.12. The van der Waals surface area contributed by atoms with Gasteiger partial charge in [-0.3, -0.25) is 4.98 Å². The van der Waals surface area contributed by atoms with E-state index in [2.05, 4.69) is 4.98 Å². The molecule has 1 heterocycles. The topological polar surface area (TPSA) is 38.9 Å². The number of hydrogen-bond donors (Lipinski definition) is 1. The van der Waals surface area contributed by atoms with Crippen molar-refractivity contribution in [2.75, 3.05) is 0 Å². The van der Waals surface area contributed by atoms with Gasteiger partial charge in [-0.05, 0) is 29.3 Å². The van der Waals surface area contributed by atoms with E-state index in [-0.39, 0.29) is 5.82 Å². The molecule has 3 heteroatoms. The summed E-state index contributed by atoms with van der Waals surface area (Å²) >= 11 is 0. The van der Waals surface area contributed by atoms with E-state index in [0.29, 0.717) is 12.1 Å². The van der Waals surface area contributed by atoms with E-state index in [0.717, 1.165) is 22.0 Å². The Hall–Kier alpha value is -2.26. The number of benzene rings is 2. The molecule has 2 nitrogen and oxygen atoms in total. The number of rotatable bonds is 2. The number of fused-ring (bicyclic) bond motifs is 1. The first kappa shape index (κ1) is 11.8. The minimum Gasteiger partial charge on any atom is -0.326 e. The van der Waals surface area contributed by atoms with E-state index >= 15 is 0 Å². The van der Waals surface area contributed by atoms with Crippen LogP contribution in [0.5, 0.6) is 0 Å². The number of hydrogen-bond acceptors (Lipinski definition) is 2. The fourth-order valence-electron chi connectivity index (χ4n) is 2.24. The van der Waals surface area contributed by atoms with Crippen LogP contribution in [0.25, 0.3) is 22.0 Å². The Labute approximate surface area is 110 Å². The van der Waals surface area contributed by atoms with Crippen LogP contribution in [0.15, 0.2) is 54.7 Å². The van der Waals surface area contributed by atoms with E-state index in [1.165, 1.54) is 6.07 Å². The van der Waals surface area contributed by atoms with Crippen molar-refractivity contribution in [2.45, 2.75) is 6.54 Å². The molecule has 0 radical (unpaired) electrons. The zero-order valence-electron chi connectivity index (χ0n) is 10.3. The smallest absolute Gasteiger partial charge is 0.131 e. The van der Waals surface area contributed by atoms with Gasteiger partial charge in [-0.25, -0.2) is 4.39 Å². The second-order valence-electron chi connectivity index (χ2n) is 4.39. The molecule has 0 atom stereocenters. The highest BCUT2D eigenvalue weighted by Crippen LogP contribution is 2.29. The molecular weight excluding hydrogens is 239 g/mol. The monoisotopic (exact) mass is 252 g/mol. The molecule has 3 aromatic rings. The molecule has 0 spiro atoms. The minimum absolute atomic E-state index is 0.251. The lowest BCUT2D eigenvalue weighted by Gasteiger charge is -2.08. The van der Waals surface area contributed by atoms with Gasteiger partial charge in [0.25, 0.3) is 0 Å². The SMILES string of the molecule is NCc1ccc(-c2cccc3ncccc23)c(F)c1. The standard InChI is InChI=1S/C16H13FN2/c17-15-9-11(10-18)6-7-13(15)12-3-1-5-16-14(12)4-2-8-19-16/h1-9H,10,18H2. The van der Waals surface area contributed by atoms with Crippen LogP contribution in [0.1, 0.15) is 5.56 Å².